The number of hydrogen-bond donors (Lipinski definition) is 0. The molecule has 2 aromatic heterocycles. The van der Waals surface area contributed by atoms with E-state index < -0.39 is 29.5 Å². The normalized spacial score (nSPS) is 12.3. The van der Waals surface area contributed by atoms with Crippen molar-refractivity contribution in [1.29, 1.82) is 0 Å². The van der Waals surface area contributed by atoms with E-state index in [0.717, 1.165) is 0 Å². The predicted octanol–water partition coefficient (Wildman–Crippen LogP) is 4.02. The number of amides is 1. The first-order chi connectivity index (χ1) is 15.2. The molecule has 0 fully saturated rings. The van der Waals surface area contributed by atoms with Gasteiger partial charge in [0.25, 0.3) is 5.91 Å². The molecule has 0 saturated heterocycles. The lowest BCUT2D eigenvalue weighted by atomic mass is 10.0. The third-order valence-electron chi connectivity index (χ3n) is 4.58. The van der Waals surface area contributed by atoms with Crippen molar-refractivity contribution in [3.63, 3.8) is 0 Å². The maximum Gasteiger partial charge on any atom is 0.419 e. The second-order valence-electron chi connectivity index (χ2n) is 6.74. The van der Waals surface area contributed by atoms with Crippen LogP contribution in [0, 0.1) is 5.82 Å². The van der Waals surface area contributed by atoms with Crippen molar-refractivity contribution in [2.75, 3.05) is 13.2 Å². The summed E-state index contributed by atoms with van der Waals surface area (Å²) in [6.07, 6.45) is -0.423. The molecule has 1 amide bonds. The second kappa shape index (κ2) is 9.67. The Bertz CT molecular complexity index is 1060. The van der Waals surface area contributed by atoms with E-state index in [-0.39, 0.29) is 36.1 Å². The van der Waals surface area contributed by atoms with Crippen molar-refractivity contribution < 1.29 is 27.1 Å². The van der Waals surface area contributed by atoms with Crippen LogP contribution in [0.4, 0.5) is 17.6 Å². The Kier molecular flexibility index (Phi) is 6.96. The summed E-state index contributed by atoms with van der Waals surface area (Å²) in [5.74, 6) is -1.04. The largest absolute Gasteiger partial charge is 0.461 e. The van der Waals surface area contributed by atoms with E-state index in [0.29, 0.717) is 12.4 Å². The zero-order chi connectivity index (χ0) is 23.3. The molecule has 0 radical (unpaired) electrons. The summed E-state index contributed by atoms with van der Waals surface area (Å²) in [6, 6.07) is 4.91. The number of aromatic nitrogens is 4. The van der Waals surface area contributed by atoms with Crippen LogP contribution < -0.4 is 4.74 Å². The summed E-state index contributed by atoms with van der Waals surface area (Å²) in [6.45, 7) is 3.60. The molecule has 11 heteroatoms. The van der Waals surface area contributed by atoms with Crippen LogP contribution >= 0.6 is 0 Å². The van der Waals surface area contributed by atoms with E-state index in [1.54, 1.807) is 19.9 Å². The maximum atomic E-state index is 14.6. The Hall–Kier alpha value is -3.63. The summed E-state index contributed by atoms with van der Waals surface area (Å²) < 4.78 is 57.8. The van der Waals surface area contributed by atoms with E-state index in [1.165, 1.54) is 35.5 Å². The minimum Gasteiger partial charge on any atom is -0.461 e. The molecule has 3 aromatic rings. The SMILES string of the molecule is CCN(C(=O)c1cccc(F)c1-c1ncccn1)C(C)COc1ncc(C(F)(F)F)cn1. The molecule has 0 aliphatic heterocycles. The lowest BCUT2D eigenvalue weighted by Gasteiger charge is -2.28. The topological polar surface area (TPSA) is 81.1 Å². The molecule has 0 bridgehead atoms. The molecule has 0 saturated carbocycles. The van der Waals surface area contributed by atoms with Crippen molar-refractivity contribution in [3.8, 4) is 17.4 Å². The van der Waals surface area contributed by atoms with Gasteiger partial charge in [0, 0.05) is 31.3 Å². The number of carbonyl (C=O) groups excluding carboxylic acids is 1. The van der Waals surface area contributed by atoms with Gasteiger partial charge in [0.1, 0.15) is 12.4 Å². The Balaban J connectivity index is 1.77. The first-order valence-corrected chi connectivity index (χ1v) is 9.61. The van der Waals surface area contributed by atoms with Gasteiger partial charge in [0.15, 0.2) is 5.82 Å². The molecular formula is C21H19F4N5O2. The zero-order valence-electron chi connectivity index (χ0n) is 17.2. The van der Waals surface area contributed by atoms with Crippen LogP contribution in [0.5, 0.6) is 6.01 Å². The Labute approximate surface area is 181 Å². The average Bonchev–Trinajstić information content (AvgIpc) is 2.78. The molecule has 0 N–H and O–H groups in total. The van der Waals surface area contributed by atoms with Crippen molar-refractivity contribution in [1.82, 2.24) is 24.8 Å². The van der Waals surface area contributed by atoms with Crippen LogP contribution in [-0.4, -0.2) is 49.9 Å². The van der Waals surface area contributed by atoms with Crippen molar-refractivity contribution in [2.45, 2.75) is 26.1 Å². The van der Waals surface area contributed by atoms with E-state index >= 15 is 0 Å². The molecule has 3 rings (SSSR count). The molecule has 0 aliphatic carbocycles. The summed E-state index contributed by atoms with van der Waals surface area (Å²) in [5.41, 5.74) is -0.934. The Morgan fingerprint density at radius 2 is 1.75 bits per heavy atom. The summed E-state index contributed by atoms with van der Waals surface area (Å²) in [7, 11) is 0. The average molecular weight is 449 g/mol. The molecule has 168 valence electrons. The van der Waals surface area contributed by atoms with Crippen LogP contribution in [0.25, 0.3) is 11.4 Å². The zero-order valence-corrected chi connectivity index (χ0v) is 17.2. The molecular weight excluding hydrogens is 430 g/mol. The fourth-order valence-electron chi connectivity index (χ4n) is 2.99. The molecule has 1 atom stereocenters. The number of alkyl halides is 3. The van der Waals surface area contributed by atoms with Gasteiger partial charge >= 0.3 is 12.2 Å². The van der Waals surface area contributed by atoms with Gasteiger partial charge in [-0.25, -0.2) is 24.3 Å². The second-order valence-corrected chi connectivity index (χ2v) is 6.74. The van der Waals surface area contributed by atoms with Crippen LogP contribution in [0.15, 0.2) is 49.1 Å². The lowest BCUT2D eigenvalue weighted by molar-refractivity contribution is -0.138. The van der Waals surface area contributed by atoms with E-state index in [9.17, 15) is 22.4 Å². The maximum absolute atomic E-state index is 14.6. The van der Waals surface area contributed by atoms with Crippen LogP contribution in [0.1, 0.15) is 29.8 Å². The molecule has 2 heterocycles. The highest BCUT2D eigenvalue weighted by Crippen LogP contribution is 2.28. The molecule has 1 unspecified atom stereocenters. The third kappa shape index (κ3) is 5.16. The molecule has 1 aromatic carbocycles. The first-order valence-electron chi connectivity index (χ1n) is 9.61. The number of halogens is 4. The van der Waals surface area contributed by atoms with E-state index in [4.69, 9.17) is 4.74 Å². The predicted molar refractivity (Wildman–Crippen MR) is 106 cm³/mol. The van der Waals surface area contributed by atoms with Crippen molar-refractivity contribution in [3.05, 3.63) is 66.0 Å². The standard InChI is InChI=1S/C21H19F4N5O2/c1-3-30(13(2)12-32-20-28-10-14(11-29-20)21(23,24)25)19(31)15-6-4-7-16(22)17(15)18-26-8-5-9-27-18/h4-11,13H,3,12H2,1-2H3. The van der Waals surface area contributed by atoms with Crippen LogP contribution in [-0.2, 0) is 6.18 Å². The Morgan fingerprint density at radius 3 is 2.34 bits per heavy atom. The van der Waals surface area contributed by atoms with Gasteiger partial charge in [-0.15, -0.1) is 0 Å². The highest BCUT2D eigenvalue weighted by molar-refractivity contribution is 6.00. The number of hydrogen-bond acceptors (Lipinski definition) is 6. The highest BCUT2D eigenvalue weighted by atomic mass is 19.4. The minimum absolute atomic E-state index is 0.0178. The molecule has 7 nitrogen and oxygen atoms in total. The van der Waals surface area contributed by atoms with Gasteiger partial charge in [-0.3, -0.25) is 4.79 Å². The monoisotopic (exact) mass is 449 g/mol. The fourth-order valence-corrected chi connectivity index (χ4v) is 2.99. The van der Waals surface area contributed by atoms with E-state index in [2.05, 4.69) is 19.9 Å². The number of rotatable bonds is 7. The van der Waals surface area contributed by atoms with E-state index in [1.807, 2.05) is 0 Å². The van der Waals surface area contributed by atoms with Crippen molar-refractivity contribution in [2.24, 2.45) is 0 Å². The first kappa shape index (κ1) is 23.0. The van der Waals surface area contributed by atoms with Crippen LogP contribution in [0.3, 0.4) is 0 Å². The van der Waals surface area contributed by atoms with Gasteiger partial charge in [0.2, 0.25) is 0 Å². The summed E-state index contributed by atoms with van der Waals surface area (Å²) in [4.78, 5) is 29.8. The summed E-state index contributed by atoms with van der Waals surface area (Å²) in [5, 5.41) is 0. The number of ether oxygens (including phenoxy) is 1. The number of nitrogens with zero attached hydrogens (tertiary/aromatic N) is 5. The molecule has 0 spiro atoms. The minimum atomic E-state index is -4.55. The lowest BCUT2D eigenvalue weighted by Crippen LogP contribution is -2.42. The number of carbonyl (C=O) groups is 1. The summed E-state index contributed by atoms with van der Waals surface area (Å²) >= 11 is 0. The smallest absolute Gasteiger partial charge is 0.419 e. The fraction of sp³-hybridized carbons (Fsp3) is 0.286. The van der Waals surface area contributed by atoms with Crippen LogP contribution in [0.2, 0.25) is 0 Å². The van der Waals surface area contributed by atoms with Gasteiger partial charge in [-0.1, -0.05) is 6.07 Å². The third-order valence-corrected chi connectivity index (χ3v) is 4.58. The molecule has 32 heavy (non-hydrogen) atoms. The number of likely N-dealkylation sites (N-methyl/N-ethyl adjacent to an activating group) is 1. The van der Waals surface area contributed by atoms with Gasteiger partial charge in [-0.2, -0.15) is 13.2 Å². The molecule has 0 aliphatic rings. The van der Waals surface area contributed by atoms with Crippen molar-refractivity contribution >= 4 is 5.91 Å². The quantitative estimate of drug-likeness (QED) is 0.507. The highest BCUT2D eigenvalue weighted by Gasteiger charge is 2.31. The Morgan fingerprint density at radius 1 is 1.09 bits per heavy atom. The number of benzene rings is 1. The van der Waals surface area contributed by atoms with Gasteiger partial charge in [-0.05, 0) is 32.0 Å². The van der Waals surface area contributed by atoms with Gasteiger partial charge < -0.3 is 9.64 Å². The van der Waals surface area contributed by atoms with Gasteiger partial charge in [0.05, 0.1) is 22.7 Å².